The molecule has 1 aromatic carbocycles. The van der Waals surface area contributed by atoms with Crippen LogP contribution in [0.2, 0.25) is 0 Å². The lowest BCUT2D eigenvalue weighted by Gasteiger charge is -2.15. The first-order chi connectivity index (χ1) is 11.3. The fourth-order valence-corrected chi connectivity index (χ4v) is 4.55. The number of hydrogen-bond donors (Lipinski definition) is 3. The Morgan fingerprint density at radius 2 is 1.96 bits per heavy atom. The molecule has 1 unspecified atom stereocenters. The van der Waals surface area contributed by atoms with E-state index in [1.807, 2.05) is 32.0 Å². The Hall–Kier alpha value is -1.67. The molecule has 2 rings (SSSR count). The van der Waals surface area contributed by atoms with Crippen LogP contribution in [-0.4, -0.2) is 43.5 Å². The number of aryl methyl sites for hydroxylation is 2. The van der Waals surface area contributed by atoms with Crippen molar-refractivity contribution >= 4 is 38.8 Å². The maximum absolute atomic E-state index is 11.8. The van der Waals surface area contributed by atoms with Crippen LogP contribution in [-0.2, 0) is 14.6 Å². The van der Waals surface area contributed by atoms with E-state index in [1.165, 1.54) is 0 Å². The highest BCUT2D eigenvalue weighted by molar-refractivity contribution is 7.91. The van der Waals surface area contributed by atoms with E-state index in [0.717, 1.165) is 16.8 Å². The van der Waals surface area contributed by atoms with Crippen LogP contribution in [0.3, 0.4) is 0 Å². The summed E-state index contributed by atoms with van der Waals surface area (Å²) in [5.74, 6) is 0.0260. The van der Waals surface area contributed by atoms with Gasteiger partial charge in [-0.05, 0) is 43.6 Å². The van der Waals surface area contributed by atoms with Crippen LogP contribution in [0.4, 0.5) is 5.69 Å². The molecule has 1 atom stereocenters. The van der Waals surface area contributed by atoms with Gasteiger partial charge in [-0.3, -0.25) is 4.79 Å². The van der Waals surface area contributed by atoms with Gasteiger partial charge >= 0.3 is 0 Å². The molecule has 6 nitrogen and oxygen atoms in total. The lowest BCUT2D eigenvalue weighted by molar-refractivity contribution is -0.121. The van der Waals surface area contributed by atoms with Crippen molar-refractivity contribution in [3.63, 3.8) is 0 Å². The monoisotopic (exact) mass is 369 g/mol. The van der Waals surface area contributed by atoms with E-state index in [1.54, 1.807) is 0 Å². The molecule has 3 N–H and O–H groups in total. The predicted octanol–water partition coefficient (Wildman–Crippen LogP) is 1.28. The minimum absolute atomic E-state index is 0.0404. The second-order valence-electron chi connectivity index (χ2n) is 6.07. The molecule has 1 fully saturated rings. The number of hydrogen-bond acceptors (Lipinski definition) is 4. The zero-order valence-electron chi connectivity index (χ0n) is 13.9. The first kappa shape index (κ1) is 18.7. The molecule has 1 aromatic rings. The summed E-state index contributed by atoms with van der Waals surface area (Å²) in [4.78, 5) is 11.8. The van der Waals surface area contributed by atoms with Gasteiger partial charge in [-0.25, -0.2) is 8.42 Å². The molecule has 0 aliphatic carbocycles. The molecule has 1 aliphatic heterocycles. The number of thiocarbonyl (C=S) groups is 1. The van der Waals surface area contributed by atoms with E-state index in [4.69, 9.17) is 12.2 Å². The molecule has 0 aromatic heterocycles. The zero-order valence-corrected chi connectivity index (χ0v) is 15.5. The van der Waals surface area contributed by atoms with Crippen molar-refractivity contribution in [1.82, 2.24) is 10.6 Å². The normalized spacial score (nSPS) is 18.8. The number of benzene rings is 1. The predicted molar refractivity (Wildman–Crippen MR) is 100.0 cm³/mol. The Bertz CT molecular complexity index is 712. The topological polar surface area (TPSA) is 87.3 Å². The van der Waals surface area contributed by atoms with Gasteiger partial charge in [0.25, 0.3) is 0 Å². The second kappa shape index (κ2) is 7.94. The van der Waals surface area contributed by atoms with E-state index in [9.17, 15) is 13.2 Å². The molecule has 24 heavy (non-hydrogen) atoms. The fraction of sp³-hybridized carbons (Fsp3) is 0.500. The number of para-hydroxylation sites is 1. The van der Waals surface area contributed by atoms with E-state index in [0.29, 0.717) is 18.1 Å². The first-order valence-electron chi connectivity index (χ1n) is 7.88. The van der Waals surface area contributed by atoms with Gasteiger partial charge in [-0.1, -0.05) is 18.2 Å². The Morgan fingerprint density at radius 1 is 1.29 bits per heavy atom. The third-order valence-corrected chi connectivity index (χ3v) is 5.97. The third kappa shape index (κ3) is 5.45. The largest absolute Gasteiger partial charge is 0.362 e. The summed E-state index contributed by atoms with van der Waals surface area (Å²) in [7, 11) is -2.98. The van der Waals surface area contributed by atoms with E-state index in [-0.39, 0.29) is 29.9 Å². The third-order valence-electron chi connectivity index (χ3n) is 3.95. The highest BCUT2D eigenvalue weighted by Gasteiger charge is 2.28. The quantitative estimate of drug-likeness (QED) is 0.678. The van der Waals surface area contributed by atoms with Gasteiger partial charge in [0, 0.05) is 24.7 Å². The summed E-state index contributed by atoms with van der Waals surface area (Å²) in [6, 6.07) is 5.73. The van der Waals surface area contributed by atoms with Crippen LogP contribution in [0.25, 0.3) is 0 Å². The van der Waals surface area contributed by atoms with Crippen LogP contribution in [0.5, 0.6) is 0 Å². The van der Waals surface area contributed by atoms with Crippen LogP contribution in [0.1, 0.15) is 24.0 Å². The van der Waals surface area contributed by atoms with Gasteiger partial charge < -0.3 is 16.0 Å². The summed E-state index contributed by atoms with van der Waals surface area (Å²) in [6.07, 6.45) is 0.735. The maximum Gasteiger partial charge on any atom is 0.222 e. The Morgan fingerprint density at radius 3 is 2.54 bits per heavy atom. The average Bonchev–Trinajstić information content (AvgIpc) is 2.82. The van der Waals surface area contributed by atoms with Crippen LogP contribution in [0, 0.1) is 13.8 Å². The van der Waals surface area contributed by atoms with Gasteiger partial charge in [0.1, 0.15) is 0 Å². The minimum atomic E-state index is -2.98. The maximum atomic E-state index is 11.8. The van der Waals surface area contributed by atoms with Gasteiger partial charge in [-0.2, -0.15) is 0 Å². The van der Waals surface area contributed by atoms with Crippen molar-refractivity contribution in [2.45, 2.75) is 32.7 Å². The van der Waals surface area contributed by atoms with Crippen molar-refractivity contribution in [1.29, 1.82) is 0 Å². The van der Waals surface area contributed by atoms with E-state index < -0.39 is 9.84 Å². The molecule has 1 heterocycles. The number of anilines is 1. The fourth-order valence-electron chi connectivity index (χ4n) is 2.67. The summed E-state index contributed by atoms with van der Waals surface area (Å²) < 4.78 is 22.7. The molecule has 1 amide bonds. The number of nitrogens with one attached hydrogen (secondary N) is 3. The molecule has 0 radical (unpaired) electrons. The molecule has 0 bridgehead atoms. The molecular weight excluding hydrogens is 346 g/mol. The highest BCUT2D eigenvalue weighted by atomic mass is 32.2. The van der Waals surface area contributed by atoms with Crippen LogP contribution in [0.15, 0.2) is 18.2 Å². The second-order valence-corrected chi connectivity index (χ2v) is 8.70. The number of rotatable bonds is 5. The lowest BCUT2D eigenvalue weighted by atomic mass is 10.1. The van der Waals surface area contributed by atoms with Crippen molar-refractivity contribution in [2.75, 3.05) is 23.4 Å². The molecule has 0 spiro atoms. The Labute approximate surface area is 148 Å². The SMILES string of the molecule is Cc1cccc(C)c1NC(=S)NCCC(=O)NC1CCS(=O)(=O)C1. The Balaban J connectivity index is 1.72. The molecular formula is C16H23N3O3S2. The van der Waals surface area contributed by atoms with E-state index in [2.05, 4.69) is 16.0 Å². The zero-order chi connectivity index (χ0) is 17.7. The standard InChI is InChI=1S/C16H23N3O3S2/c1-11-4-3-5-12(2)15(11)19-16(23)17-8-6-14(20)18-13-7-9-24(21,22)10-13/h3-5,13H,6-10H2,1-2H3,(H,18,20)(H2,17,19,23). The summed E-state index contributed by atoms with van der Waals surface area (Å²) in [5, 5.41) is 9.36. The molecule has 1 saturated heterocycles. The van der Waals surface area contributed by atoms with Crippen molar-refractivity contribution < 1.29 is 13.2 Å². The van der Waals surface area contributed by atoms with Crippen molar-refractivity contribution in [3.05, 3.63) is 29.3 Å². The first-order valence-corrected chi connectivity index (χ1v) is 10.1. The molecule has 132 valence electrons. The van der Waals surface area contributed by atoms with E-state index >= 15 is 0 Å². The van der Waals surface area contributed by atoms with Crippen molar-refractivity contribution in [2.24, 2.45) is 0 Å². The molecule has 8 heteroatoms. The number of amides is 1. The van der Waals surface area contributed by atoms with Gasteiger partial charge in [-0.15, -0.1) is 0 Å². The summed E-state index contributed by atoms with van der Waals surface area (Å²) in [6.45, 7) is 4.39. The smallest absolute Gasteiger partial charge is 0.222 e. The Kier molecular flexibility index (Phi) is 6.17. The van der Waals surface area contributed by atoms with Gasteiger partial charge in [0.2, 0.25) is 5.91 Å². The van der Waals surface area contributed by atoms with Gasteiger partial charge in [0.15, 0.2) is 14.9 Å². The van der Waals surface area contributed by atoms with Crippen LogP contribution < -0.4 is 16.0 Å². The number of carbonyl (C=O) groups excluding carboxylic acids is 1. The number of sulfone groups is 1. The van der Waals surface area contributed by atoms with Crippen LogP contribution >= 0.6 is 12.2 Å². The lowest BCUT2D eigenvalue weighted by Crippen LogP contribution is -2.38. The molecule has 1 aliphatic rings. The highest BCUT2D eigenvalue weighted by Crippen LogP contribution is 2.19. The number of carbonyl (C=O) groups is 1. The van der Waals surface area contributed by atoms with Gasteiger partial charge in [0.05, 0.1) is 11.5 Å². The average molecular weight is 370 g/mol. The van der Waals surface area contributed by atoms with Crippen molar-refractivity contribution in [3.8, 4) is 0 Å². The molecule has 0 saturated carbocycles. The minimum Gasteiger partial charge on any atom is -0.362 e. The summed E-state index contributed by atoms with van der Waals surface area (Å²) >= 11 is 5.25. The summed E-state index contributed by atoms with van der Waals surface area (Å²) in [5.41, 5.74) is 3.16.